The first-order chi connectivity index (χ1) is 11.7. The third-order valence-corrected chi connectivity index (χ3v) is 4.03. The number of aliphatic hydroxyl groups excluding tert-OH is 1. The maximum absolute atomic E-state index is 12.5. The third-order valence-electron chi connectivity index (χ3n) is 4.03. The SMILES string of the molecule is COC(=O)c1cc2c3c(ccc2[nH]1)N(C(=O)OC(C)(C)C)CC(O)C3. The standard InChI is InChI=1S/C18H22N2O5/c1-18(2,3)25-17(23)20-9-10(21)7-12-11-8-14(16(22)24-4)19-13(11)5-6-15(12)20/h5-6,8,10,19,21H,7,9H2,1-4H3. The number of carbonyl (C=O) groups is 2. The first-order valence-corrected chi connectivity index (χ1v) is 8.11. The van der Waals surface area contributed by atoms with Gasteiger partial charge in [-0.1, -0.05) is 0 Å². The summed E-state index contributed by atoms with van der Waals surface area (Å²) in [5, 5.41) is 11.0. The van der Waals surface area contributed by atoms with E-state index in [1.807, 2.05) is 0 Å². The highest BCUT2D eigenvalue weighted by molar-refractivity contribution is 6.00. The summed E-state index contributed by atoms with van der Waals surface area (Å²) in [6.07, 6.45) is -0.817. The molecular formula is C18H22N2O5. The van der Waals surface area contributed by atoms with Crippen molar-refractivity contribution in [1.29, 1.82) is 0 Å². The predicted molar refractivity (Wildman–Crippen MR) is 92.9 cm³/mol. The fourth-order valence-corrected chi connectivity index (χ4v) is 3.04. The number of nitrogens with one attached hydrogen (secondary N) is 1. The quantitative estimate of drug-likeness (QED) is 0.775. The van der Waals surface area contributed by atoms with Crippen LogP contribution in [0.25, 0.3) is 10.9 Å². The average molecular weight is 346 g/mol. The Morgan fingerprint density at radius 2 is 2.04 bits per heavy atom. The van der Waals surface area contributed by atoms with Gasteiger partial charge >= 0.3 is 12.1 Å². The molecule has 7 nitrogen and oxygen atoms in total. The van der Waals surface area contributed by atoms with E-state index >= 15 is 0 Å². The molecule has 2 aromatic rings. The number of H-pyrrole nitrogens is 1. The molecule has 0 aliphatic carbocycles. The lowest BCUT2D eigenvalue weighted by atomic mass is 9.96. The Hall–Kier alpha value is -2.54. The molecule has 1 unspecified atom stereocenters. The van der Waals surface area contributed by atoms with Gasteiger partial charge in [0.2, 0.25) is 0 Å². The third kappa shape index (κ3) is 3.32. The number of nitrogens with zero attached hydrogens (tertiary/aromatic N) is 1. The van der Waals surface area contributed by atoms with E-state index in [-0.39, 0.29) is 6.54 Å². The summed E-state index contributed by atoms with van der Waals surface area (Å²) in [7, 11) is 1.32. The molecule has 1 aromatic heterocycles. The molecular weight excluding hydrogens is 324 g/mol. The number of aromatic nitrogens is 1. The van der Waals surface area contributed by atoms with E-state index in [1.54, 1.807) is 39.0 Å². The number of benzene rings is 1. The lowest BCUT2D eigenvalue weighted by molar-refractivity contribution is 0.0547. The van der Waals surface area contributed by atoms with Crippen LogP contribution in [-0.2, 0) is 15.9 Å². The van der Waals surface area contributed by atoms with E-state index in [4.69, 9.17) is 9.47 Å². The lowest BCUT2D eigenvalue weighted by Gasteiger charge is -2.34. The lowest BCUT2D eigenvalue weighted by Crippen LogP contribution is -2.45. The molecule has 3 rings (SSSR count). The molecule has 0 saturated heterocycles. The fourth-order valence-electron chi connectivity index (χ4n) is 3.04. The molecule has 0 radical (unpaired) electrons. The van der Waals surface area contributed by atoms with Crippen molar-refractivity contribution < 1.29 is 24.2 Å². The van der Waals surface area contributed by atoms with Crippen LogP contribution in [0.2, 0.25) is 0 Å². The monoisotopic (exact) mass is 346 g/mol. The van der Waals surface area contributed by atoms with Crippen molar-refractivity contribution >= 4 is 28.7 Å². The second-order valence-electron chi connectivity index (χ2n) is 7.15. The number of aromatic amines is 1. The van der Waals surface area contributed by atoms with Crippen LogP contribution in [0.1, 0.15) is 36.8 Å². The molecule has 2 heterocycles. The zero-order chi connectivity index (χ0) is 18.4. The van der Waals surface area contributed by atoms with Gasteiger partial charge in [-0.15, -0.1) is 0 Å². The largest absolute Gasteiger partial charge is 0.464 e. The summed E-state index contributed by atoms with van der Waals surface area (Å²) >= 11 is 0. The maximum atomic E-state index is 12.5. The van der Waals surface area contributed by atoms with Crippen molar-refractivity contribution in [2.24, 2.45) is 0 Å². The minimum atomic E-state index is -0.706. The number of hydrogen-bond donors (Lipinski definition) is 2. The van der Waals surface area contributed by atoms with E-state index in [0.717, 1.165) is 16.5 Å². The fraction of sp³-hybridized carbons (Fsp3) is 0.444. The van der Waals surface area contributed by atoms with Crippen molar-refractivity contribution in [3.8, 4) is 0 Å². The predicted octanol–water partition coefficient (Wildman–Crippen LogP) is 2.61. The van der Waals surface area contributed by atoms with Crippen molar-refractivity contribution in [1.82, 2.24) is 4.98 Å². The number of anilines is 1. The van der Waals surface area contributed by atoms with Crippen LogP contribution in [0.15, 0.2) is 18.2 Å². The number of esters is 1. The molecule has 7 heteroatoms. The summed E-state index contributed by atoms with van der Waals surface area (Å²) < 4.78 is 10.2. The number of ether oxygens (including phenoxy) is 2. The van der Waals surface area contributed by atoms with Gasteiger partial charge in [0.1, 0.15) is 11.3 Å². The molecule has 1 aliphatic rings. The number of carbonyl (C=O) groups excluding carboxylic acids is 2. The molecule has 25 heavy (non-hydrogen) atoms. The van der Waals surface area contributed by atoms with Gasteiger partial charge in [-0.25, -0.2) is 9.59 Å². The van der Waals surface area contributed by atoms with Crippen molar-refractivity contribution in [2.75, 3.05) is 18.6 Å². The van der Waals surface area contributed by atoms with Gasteiger partial charge in [0.25, 0.3) is 0 Å². The van der Waals surface area contributed by atoms with Gasteiger partial charge in [-0.05, 0) is 44.5 Å². The molecule has 0 fully saturated rings. The van der Waals surface area contributed by atoms with Crippen LogP contribution in [0, 0.1) is 0 Å². The van der Waals surface area contributed by atoms with Gasteiger partial charge < -0.3 is 19.6 Å². The molecule has 2 N–H and O–H groups in total. The number of methoxy groups -OCH3 is 1. The average Bonchev–Trinajstić information content (AvgIpc) is 2.96. The van der Waals surface area contributed by atoms with Crippen LogP contribution in [0.4, 0.5) is 10.5 Å². The molecule has 0 spiro atoms. The van der Waals surface area contributed by atoms with Crippen LogP contribution < -0.4 is 4.90 Å². The molecule has 1 amide bonds. The summed E-state index contributed by atoms with van der Waals surface area (Å²) in [5.74, 6) is -0.467. The summed E-state index contributed by atoms with van der Waals surface area (Å²) in [6.45, 7) is 5.56. The first-order valence-electron chi connectivity index (χ1n) is 8.11. The number of β-amino-alcohol motifs (C(OH)–C–C–N with tert-alkyl or cyclic N) is 1. The summed E-state index contributed by atoms with van der Waals surface area (Å²) in [5.41, 5.74) is 1.93. The zero-order valence-electron chi connectivity index (χ0n) is 14.8. The normalized spacial score (nSPS) is 17.3. The second-order valence-corrected chi connectivity index (χ2v) is 7.15. The highest BCUT2D eigenvalue weighted by Gasteiger charge is 2.32. The summed E-state index contributed by atoms with van der Waals surface area (Å²) in [4.78, 5) is 28.7. The Kier molecular flexibility index (Phi) is 4.20. The van der Waals surface area contributed by atoms with Gasteiger partial charge in [0.15, 0.2) is 0 Å². The smallest absolute Gasteiger partial charge is 0.414 e. The Balaban J connectivity index is 2.06. The highest BCUT2D eigenvalue weighted by Crippen LogP contribution is 2.35. The number of rotatable bonds is 1. The number of amides is 1. The first kappa shape index (κ1) is 17.3. The molecule has 1 atom stereocenters. The van der Waals surface area contributed by atoms with Gasteiger partial charge in [-0.3, -0.25) is 4.90 Å². The summed E-state index contributed by atoms with van der Waals surface area (Å²) in [6, 6.07) is 5.28. The Morgan fingerprint density at radius 3 is 2.68 bits per heavy atom. The Morgan fingerprint density at radius 1 is 1.32 bits per heavy atom. The maximum Gasteiger partial charge on any atom is 0.414 e. The van der Waals surface area contributed by atoms with Crippen LogP contribution >= 0.6 is 0 Å². The van der Waals surface area contributed by atoms with Crippen molar-refractivity contribution in [2.45, 2.75) is 38.9 Å². The van der Waals surface area contributed by atoms with Gasteiger partial charge in [0.05, 0.1) is 25.4 Å². The Bertz CT molecular complexity index is 834. The van der Waals surface area contributed by atoms with Crippen LogP contribution in [-0.4, -0.2) is 47.5 Å². The van der Waals surface area contributed by atoms with Gasteiger partial charge in [-0.2, -0.15) is 0 Å². The second kappa shape index (κ2) is 6.07. The molecule has 0 bridgehead atoms. The molecule has 1 aromatic carbocycles. The van der Waals surface area contributed by atoms with E-state index in [1.165, 1.54) is 12.0 Å². The van der Waals surface area contributed by atoms with E-state index in [9.17, 15) is 14.7 Å². The zero-order valence-corrected chi connectivity index (χ0v) is 14.8. The number of fused-ring (bicyclic) bond motifs is 3. The van der Waals surface area contributed by atoms with Crippen molar-refractivity contribution in [3.05, 3.63) is 29.5 Å². The number of aliphatic hydroxyl groups is 1. The van der Waals surface area contributed by atoms with E-state index in [0.29, 0.717) is 17.8 Å². The topological polar surface area (TPSA) is 91.9 Å². The van der Waals surface area contributed by atoms with Crippen molar-refractivity contribution in [3.63, 3.8) is 0 Å². The van der Waals surface area contributed by atoms with E-state index < -0.39 is 23.8 Å². The molecule has 0 saturated carbocycles. The number of hydrogen-bond acceptors (Lipinski definition) is 5. The van der Waals surface area contributed by atoms with Crippen LogP contribution in [0.5, 0.6) is 0 Å². The Labute approximate surface area is 145 Å². The molecule has 134 valence electrons. The minimum absolute atomic E-state index is 0.168. The minimum Gasteiger partial charge on any atom is -0.464 e. The van der Waals surface area contributed by atoms with Gasteiger partial charge in [0, 0.05) is 17.3 Å². The highest BCUT2D eigenvalue weighted by atomic mass is 16.6. The van der Waals surface area contributed by atoms with Crippen LogP contribution in [0.3, 0.4) is 0 Å². The molecule has 1 aliphatic heterocycles. The van der Waals surface area contributed by atoms with E-state index in [2.05, 4.69) is 4.98 Å².